The van der Waals surface area contributed by atoms with Gasteiger partial charge in [0.15, 0.2) is 0 Å². The zero-order chi connectivity index (χ0) is 25.7. The van der Waals surface area contributed by atoms with Crippen LogP contribution in [0.3, 0.4) is 0 Å². The summed E-state index contributed by atoms with van der Waals surface area (Å²) in [4.78, 5) is 26.9. The Morgan fingerprint density at radius 2 is 1.58 bits per heavy atom. The lowest BCUT2D eigenvalue weighted by molar-refractivity contribution is -0.123. The molecule has 0 aromatic heterocycles. The molecule has 1 saturated heterocycles. The van der Waals surface area contributed by atoms with Gasteiger partial charge in [0.1, 0.15) is 24.7 Å². The van der Waals surface area contributed by atoms with Crippen LogP contribution in [0, 0.1) is 0 Å². The summed E-state index contributed by atoms with van der Waals surface area (Å²) in [6, 6.07) is 22.7. The van der Waals surface area contributed by atoms with Crippen LogP contribution in [0.25, 0.3) is 6.08 Å². The predicted octanol–water partition coefficient (Wildman–Crippen LogP) is 7.33. The van der Waals surface area contributed by atoms with Crippen molar-refractivity contribution in [2.24, 2.45) is 0 Å². The van der Waals surface area contributed by atoms with Gasteiger partial charge in [0.2, 0.25) is 0 Å². The van der Waals surface area contributed by atoms with Crippen molar-refractivity contribution < 1.29 is 19.1 Å². The van der Waals surface area contributed by atoms with Crippen molar-refractivity contribution >= 4 is 40.6 Å². The first-order valence-electron chi connectivity index (χ1n) is 11.7. The van der Waals surface area contributed by atoms with E-state index in [1.807, 2.05) is 48.5 Å². The van der Waals surface area contributed by atoms with E-state index in [1.165, 1.54) is 10.5 Å². The number of ether oxygens (including phenoxy) is 2. The SMILES string of the molecule is CC(C)(C)c1ccc(OCCOc2cccc(/C=C3\SC(=O)N(Cc4ccccc4Cl)C3=O)c2)cc1. The lowest BCUT2D eigenvalue weighted by Gasteiger charge is -2.19. The summed E-state index contributed by atoms with van der Waals surface area (Å²) in [6.07, 6.45) is 1.71. The van der Waals surface area contributed by atoms with E-state index in [1.54, 1.807) is 18.2 Å². The quantitative estimate of drug-likeness (QED) is 0.229. The van der Waals surface area contributed by atoms with Crippen molar-refractivity contribution in [3.8, 4) is 11.5 Å². The fourth-order valence-electron chi connectivity index (χ4n) is 3.65. The molecule has 2 amide bonds. The maximum absolute atomic E-state index is 12.9. The third-order valence-corrected chi connectivity index (χ3v) is 6.93. The molecule has 1 aliphatic heterocycles. The van der Waals surface area contributed by atoms with Crippen LogP contribution in [-0.2, 0) is 16.8 Å². The first-order chi connectivity index (χ1) is 17.2. The second-order valence-corrected chi connectivity index (χ2v) is 10.8. The third-order valence-electron chi connectivity index (χ3n) is 5.66. The van der Waals surface area contributed by atoms with E-state index in [0.29, 0.717) is 28.9 Å². The molecule has 0 bridgehead atoms. The highest BCUT2D eigenvalue weighted by molar-refractivity contribution is 8.18. The van der Waals surface area contributed by atoms with Crippen LogP contribution in [-0.4, -0.2) is 29.3 Å². The topological polar surface area (TPSA) is 55.8 Å². The van der Waals surface area contributed by atoms with Gasteiger partial charge in [-0.05, 0) is 70.3 Å². The van der Waals surface area contributed by atoms with E-state index >= 15 is 0 Å². The molecule has 3 aromatic rings. The first kappa shape index (κ1) is 25.9. The molecule has 4 rings (SSSR count). The second-order valence-electron chi connectivity index (χ2n) is 9.40. The number of thioether (sulfide) groups is 1. The Morgan fingerprint density at radius 3 is 2.28 bits per heavy atom. The lowest BCUT2D eigenvalue weighted by Crippen LogP contribution is -2.27. The number of carbonyl (C=O) groups is 2. The number of halogens is 1. The number of imide groups is 1. The number of hydrogen-bond acceptors (Lipinski definition) is 5. The molecule has 0 radical (unpaired) electrons. The molecule has 1 fully saturated rings. The number of nitrogens with zero attached hydrogens (tertiary/aromatic N) is 1. The van der Waals surface area contributed by atoms with Crippen molar-refractivity contribution in [2.45, 2.75) is 32.7 Å². The molecule has 0 saturated carbocycles. The average Bonchev–Trinajstić information content (AvgIpc) is 3.10. The Hall–Kier alpha value is -3.22. The van der Waals surface area contributed by atoms with Crippen LogP contribution in [0.2, 0.25) is 5.02 Å². The highest BCUT2D eigenvalue weighted by atomic mass is 35.5. The summed E-state index contributed by atoms with van der Waals surface area (Å²) in [7, 11) is 0. The van der Waals surface area contributed by atoms with Crippen LogP contribution < -0.4 is 9.47 Å². The third kappa shape index (κ3) is 6.50. The molecule has 186 valence electrons. The zero-order valence-corrected chi connectivity index (χ0v) is 22.1. The van der Waals surface area contributed by atoms with Gasteiger partial charge in [-0.3, -0.25) is 14.5 Å². The van der Waals surface area contributed by atoms with E-state index in [-0.39, 0.29) is 23.1 Å². The standard InChI is InChI=1S/C29H28ClNO4S/c1-29(2,3)22-11-13-23(14-12-22)34-15-16-35-24-9-6-7-20(17-24)18-26-27(32)31(28(33)36-26)19-21-8-4-5-10-25(21)30/h4-14,17-18H,15-16,19H2,1-3H3/b26-18-. The van der Waals surface area contributed by atoms with Crippen molar-refractivity contribution in [3.05, 3.63) is 99.4 Å². The molecular weight excluding hydrogens is 494 g/mol. The largest absolute Gasteiger partial charge is 0.490 e. The van der Waals surface area contributed by atoms with E-state index in [0.717, 1.165) is 28.6 Å². The highest BCUT2D eigenvalue weighted by Gasteiger charge is 2.35. The molecule has 0 unspecified atom stereocenters. The summed E-state index contributed by atoms with van der Waals surface area (Å²) in [5.74, 6) is 1.13. The average molecular weight is 522 g/mol. The van der Waals surface area contributed by atoms with E-state index in [4.69, 9.17) is 21.1 Å². The molecule has 0 N–H and O–H groups in total. The smallest absolute Gasteiger partial charge is 0.293 e. The molecule has 3 aromatic carbocycles. The van der Waals surface area contributed by atoms with E-state index < -0.39 is 0 Å². The van der Waals surface area contributed by atoms with Crippen molar-refractivity contribution in [3.63, 3.8) is 0 Å². The molecule has 0 atom stereocenters. The normalized spacial score (nSPS) is 15.0. The first-order valence-corrected chi connectivity index (χ1v) is 12.8. The summed E-state index contributed by atoms with van der Waals surface area (Å²) in [5, 5.41) is 0.211. The van der Waals surface area contributed by atoms with Crippen molar-refractivity contribution in [1.29, 1.82) is 0 Å². The molecular formula is C29H28ClNO4S. The maximum Gasteiger partial charge on any atom is 0.293 e. The van der Waals surface area contributed by atoms with Crippen LogP contribution in [0.1, 0.15) is 37.5 Å². The molecule has 5 nitrogen and oxygen atoms in total. The monoisotopic (exact) mass is 521 g/mol. The summed E-state index contributed by atoms with van der Waals surface area (Å²) in [6.45, 7) is 7.45. The number of carbonyl (C=O) groups excluding carboxylic acids is 2. The zero-order valence-electron chi connectivity index (χ0n) is 20.5. The number of rotatable bonds is 8. The summed E-state index contributed by atoms with van der Waals surface area (Å²) >= 11 is 7.12. The molecule has 0 spiro atoms. The van der Waals surface area contributed by atoms with Gasteiger partial charge >= 0.3 is 0 Å². The second kappa shape index (κ2) is 11.2. The number of benzene rings is 3. The Balaban J connectivity index is 1.33. The van der Waals surface area contributed by atoms with E-state index in [9.17, 15) is 9.59 Å². The van der Waals surface area contributed by atoms with Gasteiger partial charge in [-0.25, -0.2) is 0 Å². The Kier molecular flexibility index (Phi) is 8.07. The minimum absolute atomic E-state index is 0.102. The molecule has 7 heteroatoms. The Labute approximate surface area is 221 Å². The van der Waals surface area contributed by atoms with Gasteiger partial charge in [-0.15, -0.1) is 0 Å². The summed E-state index contributed by atoms with van der Waals surface area (Å²) in [5.41, 5.74) is 2.86. The minimum Gasteiger partial charge on any atom is -0.490 e. The van der Waals surface area contributed by atoms with Crippen LogP contribution >= 0.6 is 23.4 Å². The van der Waals surface area contributed by atoms with Gasteiger partial charge < -0.3 is 9.47 Å². The maximum atomic E-state index is 12.9. The van der Waals surface area contributed by atoms with Gasteiger partial charge in [-0.2, -0.15) is 0 Å². The molecule has 1 aliphatic rings. The fraction of sp³-hybridized carbons (Fsp3) is 0.241. The highest BCUT2D eigenvalue weighted by Crippen LogP contribution is 2.34. The van der Waals surface area contributed by atoms with Crippen LogP contribution in [0.4, 0.5) is 4.79 Å². The lowest BCUT2D eigenvalue weighted by atomic mass is 9.87. The molecule has 0 aliphatic carbocycles. The van der Waals surface area contributed by atoms with E-state index in [2.05, 4.69) is 32.9 Å². The van der Waals surface area contributed by atoms with Gasteiger partial charge in [0.25, 0.3) is 11.1 Å². The van der Waals surface area contributed by atoms with Crippen LogP contribution in [0.5, 0.6) is 11.5 Å². The predicted molar refractivity (Wildman–Crippen MR) is 146 cm³/mol. The van der Waals surface area contributed by atoms with Crippen LogP contribution in [0.15, 0.2) is 77.7 Å². The van der Waals surface area contributed by atoms with Gasteiger partial charge in [0.05, 0.1) is 11.4 Å². The molecule has 36 heavy (non-hydrogen) atoms. The fourth-order valence-corrected chi connectivity index (χ4v) is 4.68. The van der Waals surface area contributed by atoms with Crippen molar-refractivity contribution in [2.75, 3.05) is 13.2 Å². The van der Waals surface area contributed by atoms with Gasteiger partial charge in [-0.1, -0.05) is 74.8 Å². The van der Waals surface area contributed by atoms with Crippen molar-refractivity contribution in [1.82, 2.24) is 4.90 Å². The number of hydrogen-bond donors (Lipinski definition) is 0. The number of amides is 2. The molecule has 1 heterocycles. The van der Waals surface area contributed by atoms with Gasteiger partial charge in [0, 0.05) is 5.02 Å². The Morgan fingerprint density at radius 1 is 0.889 bits per heavy atom. The summed E-state index contributed by atoms with van der Waals surface area (Å²) < 4.78 is 11.6. The minimum atomic E-state index is -0.331. The Bertz CT molecular complexity index is 1280.